The summed E-state index contributed by atoms with van der Waals surface area (Å²) in [7, 11) is -3.83. The van der Waals surface area contributed by atoms with E-state index in [2.05, 4.69) is 14.9 Å². The minimum atomic E-state index is -3.83. The van der Waals surface area contributed by atoms with Gasteiger partial charge in [-0.1, -0.05) is 17.3 Å². The summed E-state index contributed by atoms with van der Waals surface area (Å²) in [4.78, 5) is 15.9. The van der Waals surface area contributed by atoms with E-state index in [9.17, 15) is 13.2 Å². The second-order valence-corrected chi connectivity index (χ2v) is 8.60. The topological polar surface area (TPSA) is 102 Å². The Hall–Kier alpha value is -3.00. The van der Waals surface area contributed by atoms with Crippen LogP contribution in [0.2, 0.25) is 0 Å². The van der Waals surface area contributed by atoms with E-state index in [0.29, 0.717) is 40.0 Å². The quantitative estimate of drug-likeness (QED) is 0.632. The zero-order valence-electron chi connectivity index (χ0n) is 15.5. The van der Waals surface area contributed by atoms with Crippen molar-refractivity contribution in [2.45, 2.75) is 37.5 Å². The van der Waals surface area contributed by atoms with Crippen molar-refractivity contribution in [2.24, 2.45) is 0 Å². The number of anilines is 1. The van der Waals surface area contributed by atoms with Gasteiger partial charge in [-0.25, -0.2) is 8.42 Å². The molecule has 1 heterocycles. The maximum Gasteiger partial charge on any atom is 0.262 e. The number of hydrogen-bond donors (Lipinski definition) is 1. The van der Waals surface area contributed by atoms with Crippen LogP contribution in [0.5, 0.6) is 0 Å². The van der Waals surface area contributed by atoms with E-state index in [1.54, 1.807) is 49.4 Å². The molecule has 1 N–H and O–H groups in total. The number of Topliss-reactive ketones (excluding diaryl/α,β-unsaturated/α-hetero) is 1. The minimum Gasteiger partial charge on any atom is -0.339 e. The van der Waals surface area contributed by atoms with Gasteiger partial charge in [0.25, 0.3) is 10.0 Å². The van der Waals surface area contributed by atoms with Gasteiger partial charge in [0.1, 0.15) is 0 Å². The van der Waals surface area contributed by atoms with Crippen LogP contribution < -0.4 is 4.72 Å². The van der Waals surface area contributed by atoms with Crippen LogP contribution in [0.3, 0.4) is 0 Å². The molecule has 1 saturated carbocycles. The summed E-state index contributed by atoms with van der Waals surface area (Å²) in [5.74, 6) is 1.23. The molecule has 2 aromatic carbocycles. The highest BCUT2D eigenvalue weighted by Gasteiger charge is 2.30. The summed E-state index contributed by atoms with van der Waals surface area (Å²) in [6.07, 6.45) is 2.09. The molecule has 1 aromatic heterocycles. The molecule has 0 bridgehead atoms. The summed E-state index contributed by atoms with van der Waals surface area (Å²) in [5.41, 5.74) is 2.08. The van der Waals surface area contributed by atoms with Crippen molar-refractivity contribution in [3.8, 4) is 11.4 Å². The number of carbonyl (C=O) groups is 1. The van der Waals surface area contributed by atoms with Crippen molar-refractivity contribution in [2.75, 3.05) is 4.72 Å². The molecular weight excluding hydrogens is 378 g/mol. The molecule has 0 atom stereocenters. The first-order chi connectivity index (χ1) is 13.3. The number of nitrogens with zero attached hydrogens (tertiary/aromatic N) is 2. The zero-order valence-corrected chi connectivity index (χ0v) is 16.3. The first-order valence-corrected chi connectivity index (χ1v) is 10.4. The lowest BCUT2D eigenvalue weighted by molar-refractivity contribution is 0.101. The first-order valence-electron chi connectivity index (χ1n) is 8.92. The monoisotopic (exact) mass is 397 g/mol. The van der Waals surface area contributed by atoms with Crippen LogP contribution in [0.1, 0.15) is 47.5 Å². The van der Waals surface area contributed by atoms with E-state index in [0.717, 1.165) is 12.8 Å². The van der Waals surface area contributed by atoms with Gasteiger partial charge >= 0.3 is 0 Å². The molecule has 4 rings (SSSR count). The number of sulfonamides is 1. The molecule has 3 aromatic rings. The minimum absolute atomic E-state index is 0.0800. The normalized spacial score (nSPS) is 14.1. The van der Waals surface area contributed by atoms with Crippen LogP contribution >= 0.6 is 0 Å². The van der Waals surface area contributed by atoms with Crippen molar-refractivity contribution < 1.29 is 17.7 Å². The number of hydrogen-bond acceptors (Lipinski definition) is 6. The molecule has 0 radical (unpaired) electrons. The Labute approximate surface area is 162 Å². The summed E-state index contributed by atoms with van der Waals surface area (Å²) >= 11 is 0. The van der Waals surface area contributed by atoms with Gasteiger partial charge in [-0.05, 0) is 62.6 Å². The van der Waals surface area contributed by atoms with Crippen molar-refractivity contribution >= 4 is 21.5 Å². The Kier molecular flexibility index (Phi) is 4.50. The largest absolute Gasteiger partial charge is 0.339 e. The molecule has 8 heteroatoms. The molecule has 1 aliphatic carbocycles. The number of aromatic nitrogens is 2. The van der Waals surface area contributed by atoms with Crippen LogP contribution in [0, 0.1) is 6.92 Å². The Morgan fingerprint density at radius 2 is 1.86 bits per heavy atom. The highest BCUT2D eigenvalue weighted by atomic mass is 32.2. The Morgan fingerprint density at radius 1 is 1.14 bits per heavy atom. The predicted molar refractivity (Wildman–Crippen MR) is 104 cm³/mol. The van der Waals surface area contributed by atoms with Gasteiger partial charge in [0.15, 0.2) is 5.78 Å². The summed E-state index contributed by atoms with van der Waals surface area (Å²) in [6.45, 7) is 3.18. The van der Waals surface area contributed by atoms with Crippen molar-refractivity contribution in [3.63, 3.8) is 0 Å². The maximum absolute atomic E-state index is 12.9. The number of nitrogens with one attached hydrogen (secondary N) is 1. The summed E-state index contributed by atoms with van der Waals surface area (Å²) < 4.78 is 33.6. The second-order valence-electron chi connectivity index (χ2n) is 6.95. The van der Waals surface area contributed by atoms with E-state index >= 15 is 0 Å². The molecule has 28 heavy (non-hydrogen) atoms. The molecule has 1 fully saturated rings. The summed E-state index contributed by atoms with van der Waals surface area (Å²) in [6, 6.07) is 11.3. The lowest BCUT2D eigenvalue weighted by Crippen LogP contribution is -2.14. The predicted octanol–water partition coefficient (Wildman–Crippen LogP) is 3.93. The molecule has 0 saturated heterocycles. The number of carbonyl (C=O) groups excluding carboxylic acids is 1. The lowest BCUT2D eigenvalue weighted by Gasteiger charge is -2.11. The van der Waals surface area contributed by atoms with Gasteiger partial charge in [-0.15, -0.1) is 0 Å². The zero-order chi connectivity index (χ0) is 19.9. The van der Waals surface area contributed by atoms with Crippen molar-refractivity contribution in [3.05, 3.63) is 59.5 Å². The second kappa shape index (κ2) is 6.87. The summed E-state index contributed by atoms with van der Waals surface area (Å²) in [5, 5.41) is 3.98. The first kappa shape index (κ1) is 18.4. The molecule has 1 aliphatic rings. The number of ketones is 1. The fourth-order valence-corrected chi connectivity index (χ4v) is 4.19. The average molecular weight is 397 g/mol. The molecule has 0 unspecified atom stereocenters. The fourth-order valence-electron chi connectivity index (χ4n) is 2.86. The Morgan fingerprint density at radius 3 is 2.50 bits per heavy atom. The van der Waals surface area contributed by atoms with E-state index in [1.165, 1.54) is 6.92 Å². The number of aryl methyl sites for hydroxylation is 1. The molecule has 7 nitrogen and oxygen atoms in total. The van der Waals surface area contributed by atoms with Gasteiger partial charge in [0.05, 0.1) is 4.90 Å². The highest BCUT2D eigenvalue weighted by molar-refractivity contribution is 7.92. The molecule has 0 amide bonds. The van der Waals surface area contributed by atoms with Gasteiger partial charge in [-0.2, -0.15) is 4.98 Å². The smallest absolute Gasteiger partial charge is 0.262 e. The average Bonchev–Trinajstić information content (AvgIpc) is 3.39. The van der Waals surface area contributed by atoms with Crippen LogP contribution in [-0.4, -0.2) is 24.3 Å². The van der Waals surface area contributed by atoms with Crippen LogP contribution in [-0.2, 0) is 10.0 Å². The van der Waals surface area contributed by atoms with Crippen molar-refractivity contribution in [1.82, 2.24) is 10.1 Å². The SMILES string of the molecule is CC(=O)c1ccc(NS(=O)(=O)c2cc(-c3noc(C4CC4)n3)ccc2C)cc1. The number of rotatable bonds is 6. The maximum atomic E-state index is 12.9. The Balaban J connectivity index is 1.63. The van der Waals surface area contributed by atoms with E-state index in [-0.39, 0.29) is 10.7 Å². The standard InChI is InChI=1S/C20H19N3O4S/c1-12-3-4-16(19-21-20(27-22-19)15-5-6-15)11-18(12)28(25,26)23-17-9-7-14(8-10-17)13(2)24/h3-4,7-11,15,23H,5-6H2,1-2H3. The van der Waals surface area contributed by atoms with E-state index in [4.69, 9.17) is 4.52 Å². The third-order valence-corrected chi connectivity index (χ3v) is 6.17. The lowest BCUT2D eigenvalue weighted by atomic mass is 10.1. The third kappa shape index (κ3) is 3.68. The highest BCUT2D eigenvalue weighted by Crippen LogP contribution is 2.39. The number of benzene rings is 2. The molecular formula is C20H19N3O4S. The molecule has 0 spiro atoms. The molecule has 144 valence electrons. The van der Waals surface area contributed by atoms with Crippen LogP contribution in [0.4, 0.5) is 5.69 Å². The van der Waals surface area contributed by atoms with Crippen molar-refractivity contribution in [1.29, 1.82) is 0 Å². The van der Waals surface area contributed by atoms with Gasteiger partial charge in [-0.3, -0.25) is 9.52 Å². The third-order valence-electron chi connectivity index (χ3n) is 4.65. The van der Waals surface area contributed by atoms with Gasteiger partial charge < -0.3 is 4.52 Å². The van der Waals surface area contributed by atoms with Crippen LogP contribution in [0.25, 0.3) is 11.4 Å². The van der Waals surface area contributed by atoms with Gasteiger partial charge in [0.2, 0.25) is 11.7 Å². The Bertz CT molecular complexity index is 1150. The van der Waals surface area contributed by atoms with Gasteiger partial charge in [0, 0.05) is 22.7 Å². The fraction of sp³-hybridized carbons (Fsp3) is 0.250. The van der Waals surface area contributed by atoms with Crippen LogP contribution in [0.15, 0.2) is 51.9 Å². The molecule has 0 aliphatic heterocycles. The van der Waals surface area contributed by atoms with E-state index < -0.39 is 10.0 Å². The van der Waals surface area contributed by atoms with E-state index in [1.807, 2.05) is 0 Å².